The van der Waals surface area contributed by atoms with Gasteiger partial charge in [-0.1, -0.05) is 60.7 Å². The average molecular weight is 384 g/mol. The van der Waals surface area contributed by atoms with Crippen molar-refractivity contribution in [2.24, 2.45) is 4.99 Å². The number of amidine groups is 1. The van der Waals surface area contributed by atoms with E-state index in [2.05, 4.69) is 17.0 Å². The van der Waals surface area contributed by atoms with Crippen molar-refractivity contribution in [3.63, 3.8) is 0 Å². The minimum atomic E-state index is -1.26. The van der Waals surface area contributed by atoms with Gasteiger partial charge >= 0.3 is 0 Å². The number of nitrogens with zero attached hydrogens (tertiary/aromatic N) is 2. The quantitative estimate of drug-likeness (QED) is 0.735. The predicted octanol–water partition coefficient (Wildman–Crippen LogP) is 3.47. The number of hydrogen-bond donors (Lipinski definition) is 1. The summed E-state index contributed by atoms with van der Waals surface area (Å²) in [5.41, 5.74) is 2.64. The van der Waals surface area contributed by atoms with Crippen LogP contribution in [0.5, 0.6) is 11.5 Å². The van der Waals surface area contributed by atoms with E-state index >= 15 is 0 Å². The summed E-state index contributed by atoms with van der Waals surface area (Å²) in [6.45, 7) is 1.68. The summed E-state index contributed by atoms with van der Waals surface area (Å²) in [5.74, 6) is 2.25. The van der Waals surface area contributed by atoms with Crippen LogP contribution in [-0.2, 0) is 5.60 Å². The van der Waals surface area contributed by atoms with Gasteiger partial charge in [0.1, 0.15) is 5.84 Å². The van der Waals surface area contributed by atoms with Gasteiger partial charge in [-0.05, 0) is 28.8 Å². The maximum absolute atomic E-state index is 12.1. The van der Waals surface area contributed by atoms with Crippen LogP contribution in [0.1, 0.15) is 28.3 Å². The van der Waals surface area contributed by atoms with Crippen LogP contribution in [0.2, 0.25) is 0 Å². The van der Waals surface area contributed by atoms with Crippen molar-refractivity contribution in [3.8, 4) is 11.5 Å². The van der Waals surface area contributed by atoms with E-state index < -0.39 is 5.60 Å². The van der Waals surface area contributed by atoms with Gasteiger partial charge in [-0.3, -0.25) is 4.99 Å². The average Bonchev–Trinajstić information content (AvgIpc) is 3.44. The predicted molar refractivity (Wildman–Crippen MR) is 109 cm³/mol. The van der Waals surface area contributed by atoms with Crippen LogP contribution >= 0.6 is 0 Å². The lowest BCUT2D eigenvalue weighted by Crippen LogP contribution is -2.52. The molecule has 6 rings (SSSR count). The molecule has 3 aromatic carbocycles. The summed E-state index contributed by atoms with van der Waals surface area (Å²) in [5, 5.41) is 12.1. The molecule has 29 heavy (non-hydrogen) atoms. The second-order valence-electron chi connectivity index (χ2n) is 7.58. The van der Waals surface area contributed by atoms with E-state index in [1.807, 2.05) is 60.7 Å². The number of benzene rings is 3. The van der Waals surface area contributed by atoms with Gasteiger partial charge in [-0.2, -0.15) is 0 Å². The Morgan fingerprint density at radius 2 is 1.72 bits per heavy atom. The second kappa shape index (κ2) is 6.09. The van der Waals surface area contributed by atoms with Gasteiger partial charge in [0.2, 0.25) is 6.79 Å². The fraction of sp³-hybridized carbons (Fsp3) is 0.208. The zero-order chi connectivity index (χ0) is 19.4. The molecule has 144 valence electrons. The third-order valence-electron chi connectivity index (χ3n) is 6.06. The molecule has 3 aliphatic rings. The zero-order valence-electron chi connectivity index (χ0n) is 15.8. The van der Waals surface area contributed by atoms with Crippen molar-refractivity contribution in [1.29, 1.82) is 0 Å². The molecule has 0 aromatic heterocycles. The highest BCUT2D eigenvalue weighted by Gasteiger charge is 2.50. The van der Waals surface area contributed by atoms with Crippen LogP contribution in [0.15, 0.2) is 77.8 Å². The van der Waals surface area contributed by atoms with Crippen molar-refractivity contribution >= 4 is 5.84 Å². The van der Waals surface area contributed by atoms with Gasteiger partial charge in [0.15, 0.2) is 17.1 Å². The number of rotatable bonds is 2. The molecular formula is C24H20N2O3. The minimum Gasteiger partial charge on any atom is -0.454 e. The number of ether oxygens (including phenoxy) is 2. The Kier molecular flexibility index (Phi) is 3.49. The highest BCUT2D eigenvalue weighted by Crippen LogP contribution is 2.48. The molecule has 5 nitrogen and oxygen atoms in total. The van der Waals surface area contributed by atoms with Gasteiger partial charge < -0.3 is 19.5 Å². The van der Waals surface area contributed by atoms with Crippen molar-refractivity contribution < 1.29 is 14.6 Å². The van der Waals surface area contributed by atoms with Crippen LogP contribution in [0.3, 0.4) is 0 Å². The lowest BCUT2D eigenvalue weighted by atomic mass is 9.75. The molecule has 3 aromatic rings. The molecule has 1 N–H and O–H groups in total. The van der Waals surface area contributed by atoms with E-state index in [1.165, 1.54) is 0 Å². The maximum Gasteiger partial charge on any atom is 0.231 e. The summed E-state index contributed by atoms with van der Waals surface area (Å²) >= 11 is 0. The van der Waals surface area contributed by atoms with Gasteiger partial charge in [0, 0.05) is 12.1 Å². The van der Waals surface area contributed by atoms with Crippen LogP contribution in [0.4, 0.5) is 0 Å². The summed E-state index contributed by atoms with van der Waals surface area (Å²) in [6, 6.07) is 24.0. The zero-order valence-corrected chi connectivity index (χ0v) is 15.8. The number of fused-ring (bicyclic) bond motifs is 3. The Balaban J connectivity index is 1.58. The Hall–Kier alpha value is -3.31. The number of aliphatic imine (C=N–C) groups is 1. The number of aliphatic hydroxyl groups is 1. The topological polar surface area (TPSA) is 54.3 Å². The summed E-state index contributed by atoms with van der Waals surface area (Å²) in [4.78, 5) is 7.00. The Labute approximate surface area is 168 Å². The van der Waals surface area contributed by atoms with E-state index in [0.29, 0.717) is 12.4 Å². The SMILES string of the molecule is O[C@@]1(c2ccccc2)C2=NCCN2[C@@H](c2ccc3c(c2)OCO3)c2ccccc21. The van der Waals surface area contributed by atoms with Crippen LogP contribution in [0.25, 0.3) is 0 Å². The Bertz CT molecular complexity index is 1130. The van der Waals surface area contributed by atoms with Crippen molar-refractivity contribution in [1.82, 2.24) is 4.90 Å². The first-order chi connectivity index (χ1) is 14.3. The molecule has 0 saturated carbocycles. The normalized spacial score (nSPS) is 24.1. The third kappa shape index (κ3) is 2.28. The summed E-state index contributed by atoms with van der Waals surface area (Å²) < 4.78 is 11.1. The highest BCUT2D eigenvalue weighted by molar-refractivity contribution is 5.98. The molecule has 0 bridgehead atoms. The molecule has 3 heterocycles. The van der Waals surface area contributed by atoms with E-state index in [4.69, 9.17) is 14.5 Å². The molecule has 5 heteroatoms. The van der Waals surface area contributed by atoms with Crippen LogP contribution in [-0.4, -0.2) is 35.7 Å². The van der Waals surface area contributed by atoms with Gasteiger partial charge in [0.05, 0.1) is 12.6 Å². The molecule has 2 atom stereocenters. The maximum atomic E-state index is 12.1. The fourth-order valence-corrected chi connectivity index (χ4v) is 4.79. The van der Waals surface area contributed by atoms with Gasteiger partial charge in [-0.15, -0.1) is 0 Å². The molecular weight excluding hydrogens is 364 g/mol. The summed E-state index contributed by atoms with van der Waals surface area (Å²) in [6.07, 6.45) is 0. The molecule has 0 radical (unpaired) electrons. The molecule has 0 saturated heterocycles. The van der Waals surface area contributed by atoms with Crippen molar-refractivity contribution in [3.05, 3.63) is 95.1 Å². The van der Waals surface area contributed by atoms with Crippen LogP contribution < -0.4 is 9.47 Å². The highest BCUT2D eigenvalue weighted by atomic mass is 16.7. The van der Waals surface area contributed by atoms with E-state index in [9.17, 15) is 5.11 Å². The molecule has 0 amide bonds. The monoisotopic (exact) mass is 384 g/mol. The summed E-state index contributed by atoms with van der Waals surface area (Å²) in [7, 11) is 0. The third-order valence-corrected chi connectivity index (χ3v) is 6.06. The van der Waals surface area contributed by atoms with E-state index in [-0.39, 0.29) is 12.8 Å². The smallest absolute Gasteiger partial charge is 0.231 e. The molecule has 0 aliphatic carbocycles. The van der Waals surface area contributed by atoms with E-state index in [0.717, 1.165) is 40.3 Å². The molecule has 0 unspecified atom stereocenters. The minimum absolute atomic E-state index is 0.0362. The van der Waals surface area contributed by atoms with Crippen LogP contribution in [0, 0.1) is 0 Å². The molecule has 3 aliphatic heterocycles. The largest absolute Gasteiger partial charge is 0.454 e. The number of hydrogen-bond acceptors (Lipinski definition) is 5. The second-order valence-corrected chi connectivity index (χ2v) is 7.58. The van der Waals surface area contributed by atoms with E-state index in [1.54, 1.807) is 0 Å². The van der Waals surface area contributed by atoms with Gasteiger partial charge in [0.25, 0.3) is 0 Å². The first-order valence-electron chi connectivity index (χ1n) is 9.85. The molecule has 0 fully saturated rings. The van der Waals surface area contributed by atoms with Crippen molar-refractivity contribution in [2.45, 2.75) is 11.6 Å². The van der Waals surface area contributed by atoms with Crippen molar-refractivity contribution in [2.75, 3.05) is 19.9 Å². The lowest BCUT2D eigenvalue weighted by Gasteiger charge is -2.45. The Morgan fingerprint density at radius 1 is 0.931 bits per heavy atom. The van der Waals surface area contributed by atoms with Gasteiger partial charge in [-0.25, -0.2) is 0 Å². The lowest BCUT2D eigenvalue weighted by molar-refractivity contribution is 0.124. The first-order valence-corrected chi connectivity index (χ1v) is 9.85. The fourth-order valence-electron chi connectivity index (χ4n) is 4.79. The Morgan fingerprint density at radius 3 is 2.62 bits per heavy atom. The molecule has 0 spiro atoms. The standard InChI is InChI=1S/C24H20N2O3/c27-24(17-6-2-1-3-7-17)19-9-5-4-8-18(19)22(26-13-12-25-23(24)26)16-10-11-20-21(14-16)29-15-28-20/h1-11,14,22,27H,12-13,15H2/t22-,24+/m0/s1. The first kappa shape index (κ1) is 16.6.